The minimum atomic E-state index is -4.36. The topological polar surface area (TPSA) is 0 Å². The largest absolute Gasteiger partial charge is 0.415 e. The van der Waals surface area contributed by atoms with E-state index in [1.54, 1.807) is 18.6 Å². The van der Waals surface area contributed by atoms with Crippen molar-refractivity contribution in [1.29, 1.82) is 0 Å². The van der Waals surface area contributed by atoms with E-state index in [0.29, 0.717) is 11.1 Å². The second-order valence-electron chi connectivity index (χ2n) is 5.79. The van der Waals surface area contributed by atoms with Crippen molar-refractivity contribution >= 4 is 6.08 Å². The van der Waals surface area contributed by atoms with E-state index < -0.39 is 11.7 Å². The van der Waals surface area contributed by atoms with Crippen LogP contribution in [-0.2, 0) is 6.18 Å². The molecule has 0 aliphatic heterocycles. The van der Waals surface area contributed by atoms with Crippen LogP contribution in [0.25, 0.3) is 17.2 Å². The minimum absolute atomic E-state index is 0. The van der Waals surface area contributed by atoms with E-state index >= 15 is 0 Å². The predicted octanol–water partition coefficient (Wildman–Crippen LogP) is 6.76. The molecule has 0 amide bonds. The van der Waals surface area contributed by atoms with Gasteiger partial charge in [0.1, 0.15) is 5.82 Å². The molecule has 27 heavy (non-hydrogen) atoms. The van der Waals surface area contributed by atoms with Crippen LogP contribution in [0.3, 0.4) is 0 Å². The summed E-state index contributed by atoms with van der Waals surface area (Å²) in [6.45, 7) is 3.75. The summed E-state index contributed by atoms with van der Waals surface area (Å²) < 4.78 is 51.8. The third-order valence-corrected chi connectivity index (χ3v) is 4.05. The minimum Gasteiger partial charge on any atom is -0.207 e. The van der Waals surface area contributed by atoms with Crippen molar-refractivity contribution in [1.82, 2.24) is 0 Å². The summed E-state index contributed by atoms with van der Waals surface area (Å²) in [4.78, 5) is 0. The SMILES string of the molecule is C=Cc1ccc(F)cc1-c1ccccc1[CH-]c1ccc(C(F)(F)F)cc1.[Ho]. The van der Waals surface area contributed by atoms with E-state index in [4.69, 9.17) is 0 Å². The first-order valence-electron chi connectivity index (χ1n) is 7.92. The average Bonchev–Trinajstić information content (AvgIpc) is 2.62. The van der Waals surface area contributed by atoms with Crippen molar-refractivity contribution in [3.05, 3.63) is 108 Å². The maximum atomic E-state index is 13.7. The Morgan fingerprint density at radius 1 is 0.852 bits per heavy atom. The van der Waals surface area contributed by atoms with Crippen molar-refractivity contribution in [2.45, 2.75) is 6.18 Å². The zero-order chi connectivity index (χ0) is 18.7. The van der Waals surface area contributed by atoms with Crippen molar-refractivity contribution in [3.8, 4) is 11.1 Å². The standard InChI is InChI=1S/C22H15F4.Ho/c1-2-16-9-12-19(23)14-21(16)20-6-4-3-5-17(20)13-15-7-10-18(11-8-15)22(24,25)26;/h2-14H,1H2;/q-1;. The van der Waals surface area contributed by atoms with Gasteiger partial charge in [-0.1, -0.05) is 54.6 Å². The Kier molecular flexibility index (Phi) is 7.15. The zero-order valence-electron chi connectivity index (χ0n) is 14.0. The summed E-state index contributed by atoms with van der Waals surface area (Å²) in [5.41, 5.74) is 2.95. The molecule has 0 unspecified atom stereocenters. The van der Waals surface area contributed by atoms with Crippen molar-refractivity contribution in [3.63, 3.8) is 0 Å². The predicted molar refractivity (Wildman–Crippen MR) is 95.9 cm³/mol. The molecule has 0 spiro atoms. The number of alkyl halides is 3. The van der Waals surface area contributed by atoms with Gasteiger partial charge in [-0.25, -0.2) is 4.39 Å². The first kappa shape index (κ1) is 21.5. The van der Waals surface area contributed by atoms with E-state index in [2.05, 4.69) is 6.58 Å². The monoisotopic (exact) mass is 520 g/mol. The number of hydrogen-bond acceptors (Lipinski definition) is 0. The summed E-state index contributed by atoms with van der Waals surface area (Å²) in [5.74, 6) is -0.366. The van der Waals surface area contributed by atoms with E-state index in [0.717, 1.165) is 28.8 Å². The fraction of sp³-hybridized carbons (Fsp3) is 0.0455. The van der Waals surface area contributed by atoms with Crippen molar-refractivity contribution < 1.29 is 55.3 Å². The molecule has 0 fully saturated rings. The fourth-order valence-electron chi connectivity index (χ4n) is 2.76. The summed E-state index contributed by atoms with van der Waals surface area (Å²) in [6, 6.07) is 16.7. The summed E-state index contributed by atoms with van der Waals surface area (Å²) >= 11 is 0. The third kappa shape index (κ3) is 5.16. The molecule has 0 saturated heterocycles. The van der Waals surface area contributed by atoms with Gasteiger partial charge in [0.05, 0.1) is 0 Å². The Labute approximate surface area is 185 Å². The number of rotatable bonds is 4. The summed E-state index contributed by atoms with van der Waals surface area (Å²) in [7, 11) is 0. The first-order valence-corrected chi connectivity index (χ1v) is 7.92. The van der Waals surface area contributed by atoms with E-state index in [1.807, 2.05) is 24.3 Å². The van der Waals surface area contributed by atoms with Crippen LogP contribution in [0.2, 0.25) is 0 Å². The van der Waals surface area contributed by atoms with Crippen LogP contribution in [0.15, 0.2) is 73.3 Å². The molecule has 0 aliphatic carbocycles. The Hall–Kier alpha value is -1.75. The van der Waals surface area contributed by atoms with Crippen molar-refractivity contribution in [2.24, 2.45) is 0 Å². The van der Waals surface area contributed by atoms with Crippen LogP contribution in [0.1, 0.15) is 22.3 Å². The van der Waals surface area contributed by atoms with Crippen LogP contribution in [0.4, 0.5) is 17.6 Å². The second kappa shape index (κ2) is 8.96. The Morgan fingerprint density at radius 3 is 2.15 bits per heavy atom. The van der Waals surface area contributed by atoms with Gasteiger partial charge in [0.2, 0.25) is 0 Å². The molecule has 0 N–H and O–H groups in total. The summed E-state index contributed by atoms with van der Waals surface area (Å²) in [5, 5.41) is 0. The van der Waals surface area contributed by atoms with Gasteiger partial charge in [0.25, 0.3) is 0 Å². The Balaban J connectivity index is 0.00000261. The van der Waals surface area contributed by atoms with E-state index in [-0.39, 0.29) is 43.6 Å². The summed E-state index contributed by atoms with van der Waals surface area (Å²) in [6.07, 6.45) is -0.951. The van der Waals surface area contributed by atoms with Crippen LogP contribution in [0.5, 0.6) is 0 Å². The van der Waals surface area contributed by atoms with Crippen LogP contribution in [-0.4, -0.2) is 0 Å². The molecular formula is C22H15F4Ho-. The molecule has 3 aromatic carbocycles. The van der Waals surface area contributed by atoms with Crippen LogP contribution < -0.4 is 0 Å². The molecule has 0 atom stereocenters. The fourth-order valence-corrected chi connectivity index (χ4v) is 2.76. The van der Waals surface area contributed by atoms with Gasteiger partial charge in [-0.2, -0.15) is 13.2 Å². The third-order valence-electron chi connectivity index (χ3n) is 4.05. The van der Waals surface area contributed by atoms with E-state index in [9.17, 15) is 17.6 Å². The molecule has 0 aromatic heterocycles. The number of benzene rings is 3. The normalized spacial score (nSPS) is 10.8. The maximum Gasteiger partial charge on any atom is 0.415 e. The molecule has 143 valence electrons. The van der Waals surface area contributed by atoms with Gasteiger partial charge in [0, 0.05) is 43.3 Å². The molecule has 0 heterocycles. The molecule has 0 nitrogen and oxygen atoms in total. The van der Waals surface area contributed by atoms with Gasteiger partial charge in [-0.15, -0.1) is 35.7 Å². The molecule has 0 saturated carbocycles. The van der Waals surface area contributed by atoms with Crippen molar-refractivity contribution in [2.75, 3.05) is 0 Å². The van der Waals surface area contributed by atoms with E-state index in [1.165, 1.54) is 24.3 Å². The number of halogens is 4. The molecular weight excluding hydrogens is 505 g/mol. The van der Waals surface area contributed by atoms with Crippen LogP contribution >= 0.6 is 0 Å². The first-order chi connectivity index (χ1) is 12.4. The van der Waals surface area contributed by atoms with Crippen LogP contribution in [0, 0.1) is 50.0 Å². The Bertz CT molecular complexity index is 928. The molecule has 0 bridgehead atoms. The second-order valence-corrected chi connectivity index (χ2v) is 5.79. The smallest absolute Gasteiger partial charge is 0.207 e. The van der Waals surface area contributed by atoms with Gasteiger partial charge < -0.3 is 0 Å². The van der Waals surface area contributed by atoms with Gasteiger partial charge in [0.15, 0.2) is 0 Å². The van der Waals surface area contributed by atoms with Gasteiger partial charge in [-0.3, -0.25) is 0 Å². The molecule has 5 heteroatoms. The quantitative estimate of drug-likeness (QED) is 0.203. The molecule has 1 radical (unpaired) electrons. The molecule has 0 aliphatic rings. The number of hydrogen-bond donors (Lipinski definition) is 0. The molecule has 3 aromatic rings. The Morgan fingerprint density at radius 2 is 1.52 bits per heavy atom. The molecule has 3 rings (SSSR count). The van der Waals surface area contributed by atoms with Gasteiger partial charge in [-0.05, 0) is 23.3 Å². The average molecular weight is 520 g/mol. The van der Waals surface area contributed by atoms with Gasteiger partial charge >= 0.3 is 6.18 Å². The zero-order valence-corrected chi connectivity index (χ0v) is 16.0. The maximum absolute atomic E-state index is 13.7.